The fourth-order valence-electron chi connectivity index (χ4n) is 4.60. The topological polar surface area (TPSA) is 185 Å². The molecule has 0 aliphatic heterocycles. The predicted octanol–water partition coefficient (Wildman–Crippen LogP) is 6.21. The molecule has 6 aromatic rings. The third-order valence-electron chi connectivity index (χ3n) is 6.79. The molecule has 0 fully saturated rings. The minimum Gasteiger partial charge on any atom is -0.453 e. The molecule has 0 bridgehead atoms. The van der Waals surface area contributed by atoms with Crippen molar-refractivity contribution in [3.8, 4) is 11.5 Å². The van der Waals surface area contributed by atoms with Gasteiger partial charge in [-0.2, -0.15) is 0 Å². The number of fused-ring (bicyclic) bond motifs is 2. The van der Waals surface area contributed by atoms with Crippen LogP contribution in [-0.2, 0) is 0 Å². The maximum atomic E-state index is 7.65. The number of aromatic nitrogens is 2. The first kappa shape index (κ1) is 26.1. The van der Waals surface area contributed by atoms with E-state index < -0.39 is 0 Å². The van der Waals surface area contributed by atoms with Crippen LogP contribution in [-0.4, -0.2) is 21.6 Å². The van der Waals surface area contributed by atoms with Gasteiger partial charge in [0, 0.05) is 56.4 Å². The van der Waals surface area contributed by atoms with Crippen LogP contribution < -0.4 is 32.6 Å². The summed E-state index contributed by atoms with van der Waals surface area (Å²) in [6.07, 6.45) is 3.52. The van der Waals surface area contributed by atoms with Gasteiger partial charge in [-0.25, -0.2) is 9.97 Å². The number of anilines is 5. The quantitative estimate of drug-likeness (QED) is 0.0856. The van der Waals surface area contributed by atoms with Crippen LogP contribution in [0.1, 0.15) is 11.1 Å². The van der Waals surface area contributed by atoms with Gasteiger partial charge in [-0.3, -0.25) is 10.8 Å². The molecule has 2 aromatic heterocycles. The second kappa shape index (κ2) is 10.8. The van der Waals surface area contributed by atoms with Gasteiger partial charge in [0.1, 0.15) is 23.2 Å². The highest BCUT2D eigenvalue weighted by atomic mass is 16.5. The normalized spacial score (nSPS) is 10.9. The lowest BCUT2D eigenvalue weighted by Gasteiger charge is -2.16. The number of hydrogen-bond acceptors (Lipinski definition) is 8. The summed E-state index contributed by atoms with van der Waals surface area (Å²) in [6, 6.07) is 28.0. The van der Waals surface area contributed by atoms with E-state index in [1.807, 2.05) is 54.6 Å². The number of amidine groups is 2. The average Bonchev–Trinajstić information content (AvgIpc) is 3.00. The van der Waals surface area contributed by atoms with Gasteiger partial charge in [0.2, 0.25) is 0 Å². The zero-order valence-electron chi connectivity index (χ0n) is 22.3. The molecule has 10 N–H and O–H groups in total. The van der Waals surface area contributed by atoms with Crippen molar-refractivity contribution in [1.29, 1.82) is 10.8 Å². The van der Waals surface area contributed by atoms with E-state index in [1.165, 1.54) is 0 Å². The predicted molar refractivity (Wildman–Crippen MR) is 169 cm³/mol. The van der Waals surface area contributed by atoms with Crippen LogP contribution in [0.5, 0.6) is 11.5 Å². The first-order valence-electron chi connectivity index (χ1n) is 13.0. The molecule has 42 heavy (non-hydrogen) atoms. The van der Waals surface area contributed by atoms with Crippen LogP contribution in [0, 0.1) is 10.8 Å². The summed E-state index contributed by atoms with van der Waals surface area (Å²) in [5.41, 5.74) is 21.0. The molecule has 4 aromatic carbocycles. The molecule has 2 heterocycles. The number of nitrogens with one attached hydrogen (secondary N) is 4. The number of hydrogen-bond donors (Lipinski definition) is 7. The summed E-state index contributed by atoms with van der Waals surface area (Å²) in [5, 5.41) is 25.6. The van der Waals surface area contributed by atoms with Crippen molar-refractivity contribution in [1.82, 2.24) is 9.97 Å². The Kier molecular flexibility index (Phi) is 6.69. The van der Waals surface area contributed by atoms with E-state index in [1.54, 1.807) is 48.8 Å². The third kappa shape index (κ3) is 5.19. The SMILES string of the molecule is N=C(N)c1ccc(Nc2c(N)ncc3ccc(Nc4ncc5ccccc5c4Oc4ccc(C(=N)N)cc4)cc23)cc1. The van der Waals surface area contributed by atoms with Gasteiger partial charge in [-0.15, -0.1) is 0 Å². The van der Waals surface area contributed by atoms with Gasteiger partial charge in [0.15, 0.2) is 11.6 Å². The van der Waals surface area contributed by atoms with E-state index in [4.69, 9.17) is 32.8 Å². The number of nitrogen functional groups attached to an aromatic ring is 3. The van der Waals surface area contributed by atoms with Gasteiger partial charge in [0.05, 0.1) is 5.69 Å². The average molecular weight is 554 g/mol. The van der Waals surface area contributed by atoms with Gasteiger partial charge in [-0.05, 0) is 60.7 Å². The molecule has 0 saturated heterocycles. The summed E-state index contributed by atoms with van der Waals surface area (Å²) in [4.78, 5) is 9.05. The van der Waals surface area contributed by atoms with E-state index in [2.05, 4.69) is 20.6 Å². The van der Waals surface area contributed by atoms with Crippen LogP contribution in [0.15, 0.2) is 103 Å². The number of nitrogens with two attached hydrogens (primary N) is 3. The van der Waals surface area contributed by atoms with Crippen LogP contribution in [0.4, 0.5) is 28.7 Å². The number of ether oxygens (including phenoxy) is 1. The van der Waals surface area contributed by atoms with Crippen molar-refractivity contribution in [2.75, 3.05) is 16.4 Å². The highest BCUT2D eigenvalue weighted by molar-refractivity contribution is 6.02. The molecule has 0 aliphatic carbocycles. The van der Waals surface area contributed by atoms with Crippen molar-refractivity contribution >= 4 is 61.9 Å². The summed E-state index contributed by atoms with van der Waals surface area (Å²) in [7, 11) is 0. The van der Waals surface area contributed by atoms with Crippen LogP contribution in [0.3, 0.4) is 0 Å². The molecule has 0 saturated carbocycles. The van der Waals surface area contributed by atoms with E-state index in [0.29, 0.717) is 39.9 Å². The Balaban J connectivity index is 1.37. The van der Waals surface area contributed by atoms with E-state index in [-0.39, 0.29) is 11.7 Å². The van der Waals surface area contributed by atoms with E-state index in [9.17, 15) is 0 Å². The number of benzene rings is 4. The maximum absolute atomic E-state index is 7.65. The molecule has 206 valence electrons. The Bertz CT molecular complexity index is 1970. The smallest absolute Gasteiger partial charge is 0.177 e. The lowest BCUT2D eigenvalue weighted by Crippen LogP contribution is -2.10. The Labute approximate surface area is 241 Å². The minimum atomic E-state index is -0.00944. The molecule has 0 amide bonds. The molecule has 0 atom stereocenters. The Morgan fingerprint density at radius 1 is 0.667 bits per heavy atom. The standard InChI is InChI=1S/C32H27N9O/c33-29(34)18-5-10-22(11-6-18)40-27-26-15-23(12-7-21(26)16-38-31(27)37)41-32-28(25-4-2-1-3-20(25)17-39-32)42-24-13-8-19(9-14-24)30(35)36/h1-17,40H,(H3,33,34)(H3,35,36)(H2,37,38)(H,39,41). The highest BCUT2D eigenvalue weighted by Gasteiger charge is 2.15. The van der Waals surface area contributed by atoms with Crippen LogP contribution >= 0.6 is 0 Å². The molecule has 0 unspecified atom stereocenters. The Morgan fingerprint density at radius 3 is 2.00 bits per heavy atom. The highest BCUT2D eigenvalue weighted by Crippen LogP contribution is 2.38. The molecule has 6 rings (SSSR count). The molecular formula is C32H27N9O. The molecule has 0 radical (unpaired) electrons. The van der Waals surface area contributed by atoms with Gasteiger partial charge < -0.3 is 32.6 Å². The number of pyridine rings is 2. The fourth-order valence-corrected chi connectivity index (χ4v) is 4.60. The Morgan fingerprint density at radius 2 is 1.29 bits per heavy atom. The summed E-state index contributed by atoms with van der Waals surface area (Å²) in [5.74, 6) is 2.01. The minimum absolute atomic E-state index is 0.00216. The summed E-state index contributed by atoms with van der Waals surface area (Å²) < 4.78 is 6.36. The summed E-state index contributed by atoms with van der Waals surface area (Å²) in [6.45, 7) is 0. The van der Waals surface area contributed by atoms with Crippen molar-refractivity contribution < 1.29 is 4.74 Å². The maximum Gasteiger partial charge on any atom is 0.177 e. The fraction of sp³-hybridized carbons (Fsp3) is 0. The monoisotopic (exact) mass is 553 g/mol. The number of nitrogens with zero attached hydrogens (tertiary/aromatic N) is 2. The molecule has 0 aliphatic rings. The van der Waals surface area contributed by atoms with E-state index in [0.717, 1.165) is 32.9 Å². The van der Waals surface area contributed by atoms with E-state index >= 15 is 0 Å². The van der Waals surface area contributed by atoms with Crippen LogP contribution in [0.2, 0.25) is 0 Å². The zero-order chi connectivity index (χ0) is 29.2. The van der Waals surface area contributed by atoms with Crippen molar-refractivity contribution in [2.24, 2.45) is 11.5 Å². The molecule has 10 nitrogen and oxygen atoms in total. The second-order valence-electron chi connectivity index (χ2n) is 9.62. The molecule has 0 spiro atoms. The first-order chi connectivity index (χ1) is 20.4. The van der Waals surface area contributed by atoms with Crippen molar-refractivity contribution in [3.05, 3.63) is 115 Å². The largest absolute Gasteiger partial charge is 0.453 e. The molecule has 10 heteroatoms. The van der Waals surface area contributed by atoms with Crippen molar-refractivity contribution in [3.63, 3.8) is 0 Å². The zero-order valence-corrected chi connectivity index (χ0v) is 22.3. The molecular weight excluding hydrogens is 526 g/mol. The third-order valence-corrected chi connectivity index (χ3v) is 6.79. The van der Waals surface area contributed by atoms with Gasteiger partial charge in [-0.1, -0.05) is 30.3 Å². The second-order valence-corrected chi connectivity index (χ2v) is 9.62. The number of rotatable bonds is 8. The first-order valence-corrected chi connectivity index (χ1v) is 13.0. The van der Waals surface area contributed by atoms with Gasteiger partial charge in [0.25, 0.3) is 0 Å². The lowest BCUT2D eigenvalue weighted by atomic mass is 10.1. The van der Waals surface area contributed by atoms with Gasteiger partial charge >= 0.3 is 0 Å². The summed E-state index contributed by atoms with van der Waals surface area (Å²) >= 11 is 0. The Hall–Kier alpha value is -6.16. The van der Waals surface area contributed by atoms with Crippen LogP contribution in [0.25, 0.3) is 21.5 Å². The van der Waals surface area contributed by atoms with Crippen molar-refractivity contribution in [2.45, 2.75) is 0 Å². The lowest BCUT2D eigenvalue weighted by molar-refractivity contribution is 0.488.